The van der Waals surface area contributed by atoms with Crippen LogP contribution < -0.4 is 5.32 Å². The van der Waals surface area contributed by atoms with Crippen LogP contribution in [0.5, 0.6) is 0 Å². The van der Waals surface area contributed by atoms with Gasteiger partial charge in [0.05, 0.1) is 6.10 Å². The van der Waals surface area contributed by atoms with Gasteiger partial charge < -0.3 is 15.3 Å². The van der Waals surface area contributed by atoms with Crippen LogP contribution in [0.25, 0.3) is 0 Å². The summed E-state index contributed by atoms with van der Waals surface area (Å²) in [7, 11) is 0. The molecule has 1 atom stereocenters. The Hall–Kier alpha value is -0.770. The van der Waals surface area contributed by atoms with Gasteiger partial charge in [0.25, 0.3) is 0 Å². The summed E-state index contributed by atoms with van der Waals surface area (Å²) in [4.78, 5) is 13.7. The van der Waals surface area contributed by atoms with Crippen molar-refractivity contribution in [2.45, 2.75) is 52.1 Å². The topological polar surface area (TPSA) is 52.6 Å². The maximum atomic E-state index is 11.8. The number of rotatable bonds is 5. The number of aliphatic hydroxyl groups excluding tert-OH is 1. The Balaban J connectivity index is 2.17. The fourth-order valence-electron chi connectivity index (χ4n) is 2.27. The van der Waals surface area contributed by atoms with Gasteiger partial charge in [-0.05, 0) is 32.1 Å². The van der Waals surface area contributed by atoms with E-state index in [1.54, 1.807) is 0 Å². The third-order valence-electron chi connectivity index (χ3n) is 3.57. The number of hydrogen-bond acceptors (Lipinski definition) is 2. The Morgan fingerprint density at radius 3 is 2.59 bits per heavy atom. The van der Waals surface area contributed by atoms with Crippen LogP contribution in [0.15, 0.2) is 0 Å². The van der Waals surface area contributed by atoms with Gasteiger partial charge in [-0.1, -0.05) is 19.8 Å². The first-order valence-electron chi connectivity index (χ1n) is 6.86. The molecule has 0 radical (unpaired) electrons. The predicted molar refractivity (Wildman–Crippen MR) is 68.9 cm³/mol. The lowest BCUT2D eigenvalue weighted by atomic mass is 9.92. The van der Waals surface area contributed by atoms with Crippen LogP contribution in [0.1, 0.15) is 46.0 Å². The summed E-state index contributed by atoms with van der Waals surface area (Å²) in [5.74, 6) is 0.360. The summed E-state index contributed by atoms with van der Waals surface area (Å²) in [6.45, 7) is 6.32. The van der Waals surface area contributed by atoms with E-state index in [1.807, 2.05) is 11.8 Å². The van der Waals surface area contributed by atoms with E-state index in [2.05, 4.69) is 12.2 Å². The van der Waals surface area contributed by atoms with Crippen molar-refractivity contribution in [3.63, 3.8) is 0 Å². The maximum Gasteiger partial charge on any atom is 0.317 e. The van der Waals surface area contributed by atoms with Gasteiger partial charge in [0, 0.05) is 19.6 Å². The fraction of sp³-hybridized carbons (Fsp3) is 0.923. The second kappa shape index (κ2) is 7.54. The molecule has 0 aromatic heterocycles. The molecule has 0 bridgehead atoms. The number of amides is 2. The van der Waals surface area contributed by atoms with Gasteiger partial charge in [0.15, 0.2) is 0 Å². The molecule has 1 aliphatic heterocycles. The van der Waals surface area contributed by atoms with E-state index in [9.17, 15) is 9.90 Å². The van der Waals surface area contributed by atoms with Gasteiger partial charge in [-0.25, -0.2) is 4.79 Å². The number of urea groups is 1. The average molecular weight is 242 g/mol. The standard InChI is InChI=1S/C13H26N2O2/c1-3-4-5-8-14-13(17)15-9-6-12(7-10-15)11(2)16/h11-12,16H,3-10H2,1-2H3,(H,14,17). The highest BCUT2D eigenvalue weighted by Crippen LogP contribution is 2.20. The third-order valence-corrected chi connectivity index (χ3v) is 3.57. The Bertz CT molecular complexity index is 223. The highest BCUT2D eigenvalue weighted by molar-refractivity contribution is 5.74. The minimum atomic E-state index is -0.246. The summed E-state index contributed by atoms with van der Waals surface area (Å²) >= 11 is 0. The molecule has 0 saturated carbocycles. The van der Waals surface area contributed by atoms with Gasteiger partial charge in [-0.3, -0.25) is 0 Å². The Morgan fingerprint density at radius 1 is 1.41 bits per heavy atom. The molecule has 1 unspecified atom stereocenters. The Kier molecular flexibility index (Phi) is 6.34. The highest BCUT2D eigenvalue weighted by atomic mass is 16.3. The quantitative estimate of drug-likeness (QED) is 0.724. The van der Waals surface area contributed by atoms with E-state index in [-0.39, 0.29) is 12.1 Å². The van der Waals surface area contributed by atoms with E-state index >= 15 is 0 Å². The second-order valence-electron chi connectivity index (χ2n) is 5.00. The van der Waals surface area contributed by atoms with Crippen LogP contribution in [0.4, 0.5) is 4.79 Å². The van der Waals surface area contributed by atoms with Gasteiger partial charge in [-0.15, -0.1) is 0 Å². The number of nitrogens with zero attached hydrogens (tertiary/aromatic N) is 1. The maximum absolute atomic E-state index is 11.8. The fourth-order valence-corrected chi connectivity index (χ4v) is 2.27. The van der Waals surface area contributed by atoms with Crippen LogP contribution in [-0.2, 0) is 0 Å². The number of carbonyl (C=O) groups is 1. The average Bonchev–Trinajstić information content (AvgIpc) is 2.34. The minimum Gasteiger partial charge on any atom is -0.393 e. The summed E-state index contributed by atoms with van der Waals surface area (Å²) in [6.07, 6.45) is 5.00. The van der Waals surface area contributed by atoms with Gasteiger partial charge in [-0.2, -0.15) is 0 Å². The van der Waals surface area contributed by atoms with Gasteiger partial charge >= 0.3 is 6.03 Å². The molecule has 1 aliphatic rings. The Labute approximate surface area is 104 Å². The first-order chi connectivity index (χ1) is 8.15. The number of likely N-dealkylation sites (tertiary alicyclic amines) is 1. The van der Waals surface area contributed by atoms with Crippen molar-refractivity contribution in [1.29, 1.82) is 0 Å². The van der Waals surface area contributed by atoms with E-state index < -0.39 is 0 Å². The number of unbranched alkanes of at least 4 members (excludes halogenated alkanes) is 2. The molecule has 1 fully saturated rings. The first kappa shape index (κ1) is 14.3. The molecule has 17 heavy (non-hydrogen) atoms. The van der Waals surface area contributed by atoms with Gasteiger partial charge in [0.2, 0.25) is 0 Å². The first-order valence-corrected chi connectivity index (χ1v) is 6.86. The SMILES string of the molecule is CCCCCNC(=O)N1CCC(C(C)O)CC1. The van der Waals surface area contributed by atoms with Crippen molar-refractivity contribution in [2.75, 3.05) is 19.6 Å². The molecule has 0 aliphatic carbocycles. The van der Waals surface area contributed by atoms with Crippen molar-refractivity contribution >= 4 is 6.03 Å². The monoisotopic (exact) mass is 242 g/mol. The van der Waals surface area contributed by atoms with Crippen LogP contribution in [0, 0.1) is 5.92 Å². The molecule has 0 aromatic rings. The molecular weight excluding hydrogens is 216 g/mol. The van der Waals surface area contributed by atoms with Crippen molar-refractivity contribution in [1.82, 2.24) is 10.2 Å². The molecule has 0 aromatic carbocycles. The summed E-state index contributed by atoms with van der Waals surface area (Å²) in [5.41, 5.74) is 0. The van der Waals surface area contributed by atoms with Crippen LogP contribution in [0.2, 0.25) is 0 Å². The lowest BCUT2D eigenvalue weighted by Gasteiger charge is -2.33. The zero-order valence-corrected chi connectivity index (χ0v) is 11.1. The smallest absolute Gasteiger partial charge is 0.317 e. The van der Waals surface area contributed by atoms with Crippen LogP contribution >= 0.6 is 0 Å². The Morgan fingerprint density at radius 2 is 2.06 bits per heavy atom. The molecule has 100 valence electrons. The van der Waals surface area contributed by atoms with Gasteiger partial charge in [0.1, 0.15) is 0 Å². The van der Waals surface area contributed by atoms with E-state index in [4.69, 9.17) is 0 Å². The molecule has 1 saturated heterocycles. The van der Waals surface area contributed by atoms with Crippen molar-refractivity contribution < 1.29 is 9.90 Å². The van der Waals surface area contributed by atoms with E-state index in [0.717, 1.165) is 38.9 Å². The summed E-state index contributed by atoms with van der Waals surface area (Å²) in [6, 6.07) is 0.0603. The number of carbonyl (C=O) groups excluding carboxylic acids is 1. The molecule has 0 spiro atoms. The van der Waals surface area contributed by atoms with Crippen LogP contribution in [0.3, 0.4) is 0 Å². The third kappa shape index (κ3) is 4.94. The predicted octanol–water partition coefficient (Wildman–Crippen LogP) is 1.98. The molecule has 4 heteroatoms. The van der Waals surface area contributed by atoms with E-state index in [0.29, 0.717) is 5.92 Å². The van der Waals surface area contributed by atoms with Crippen LogP contribution in [-0.4, -0.2) is 41.8 Å². The summed E-state index contributed by atoms with van der Waals surface area (Å²) in [5, 5.41) is 12.4. The molecule has 4 nitrogen and oxygen atoms in total. The number of aliphatic hydroxyl groups is 1. The lowest BCUT2D eigenvalue weighted by Crippen LogP contribution is -2.45. The largest absolute Gasteiger partial charge is 0.393 e. The normalized spacial score (nSPS) is 19.1. The molecule has 2 amide bonds. The molecule has 1 heterocycles. The minimum absolute atomic E-state index is 0.0603. The molecule has 2 N–H and O–H groups in total. The zero-order chi connectivity index (χ0) is 12.7. The van der Waals surface area contributed by atoms with Crippen molar-refractivity contribution in [3.05, 3.63) is 0 Å². The lowest BCUT2D eigenvalue weighted by molar-refractivity contribution is 0.0798. The number of nitrogens with one attached hydrogen (secondary N) is 1. The van der Waals surface area contributed by atoms with Crippen molar-refractivity contribution in [3.8, 4) is 0 Å². The zero-order valence-electron chi connectivity index (χ0n) is 11.1. The second-order valence-corrected chi connectivity index (χ2v) is 5.00. The summed E-state index contributed by atoms with van der Waals surface area (Å²) < 4.78 is 0. The number of hydrogen-bond donors (Lipinski definition) is 2. The molecule has 1 rings (SSSR count). The highest BCUT2D eigenvalue weighted by Gasteiger charge is 2.24. The molecular formula is C13H26N2O2. The van der Waals surface area contributed by atoms with Crippen molar-refractivity contribution in [2.24, 2.45) is 5.92 Å². The van der Waals surface area contributed by atoms with E-state index in [1.165, 1.54) is 12.8 Å². The number of piperidine rings is 1.